The highest BCUT2D eigenvalue weighted by Gasteiger charge is 2.28. The first-order valence-electron chi connectivity index (χ1n) is 7.72. The molecule has 1 aliphatic rings. The molecule has 130 valence electrons. The molecule has 2 heterocycles. The van der Waals surface area contributed by atoms with Crippen molar-refractivity contribution in [2.45, 2.75) is 25.2 Å². The number of carbonyl (C=O) groups excluding carboxylic acids is 1. The average Bonchev–Trinajstić information content (AvgIpc) is 2.99. The highest BCUT2D eigenvalue weighted by atomic mass is 32.2. The molecule has 0 spiro atoms. The number of thioether (sulfide) groups is 1. The van der Waals surface area contributed by atoms with E-state index in [-0.39, 0.29) is 21.9 Å². The molecule has 25 heavy (non-hydrogen) atoms. The fourth-order valence-corrected chi connectivity index (χ4v) is 3.23. The van der Waals surface area contributed by atoms with Gasteiger partial charge >= 0.3 is 0 Å². The summed E-state index contributed by atoms with van der Waals surface area (Å²) >= 11 is 1.63. The van der Waals surface area contributed by atoms with Gasteiger partial charge in [0.15, 0.2) is 4.93 Å². The molecule has 0 saturated heterocycles. The van der Waals surface area contributed by atoms with E-state index in [1.54, 1.807) is 36.0 Å². The van der Waals surface area contributed by atoms with Gasteiger partial charge in [0.05, 0.1) is 5.56 Å². The van der Waals surface area contributed by atoms with Crippen LogP contribution in [0.5, 0.6) is 5.75 Å². The Hall–Kier alpha value is -2.54. The van der Waals surface area contributed by atoms with Gasteiger partial charge in [0.1, 0.15) is 11.6 Å². The maximum Gasteiger partial charge on any atom is 0.259 e. The van der Waals surface area contributed by atoms with E-state index < -0.39 is 11.9 Å². The number of carbonyl (C=O) groups is 1. The Labute approximate surface area is 149 Å². The molecule has 1 aliphatic heterocycles. The van der Waals surface area contributed by atoms with Crippen LogP contribution in [-0.2, 0) is 0 Å². The minimum Gasteiger partial charge on any atom is -0.476 e. The van der Waals surface area contributed by atoms with Crippen LogP contribution in [0.4, 0.5) is 15.9 Å². The summed E-state index contributed by atoms with van der Waals surface area (Å²) < 4.78 is 19.3. The van der Waals surface area contributed by atoms with Crippen molar-refractivity contribution in [3.63, 3.8) is 0 Å². The van der Waals surface area contributed by atoms with Crippen LogP contribution in [0.25, 0.3) is 0 Å². The lowest BCUT2D eigenvalue weighted by Gasteiger charge is -2.24. The van der Waals surface area contributed by atoms with Crippen molar-refractivity contribution in [1.29, 1.82) is 0 Å². The minimum absolute atomic E-state index is 0.139. The standard InChI is InChI=1S/C18H18FN3O2S/c1-11-10-14(16(20)22-15(11)19)17(23)21-12-4-6-13(7-5-12)24-18(2)8-3-9-25-18/h3-7,9-10H,8H2,1-2H3,(H2,20,22)(H,21,23). The van der Waals surface area contributed by atoms with Crippen molar-refractivity contribution in [2.75, 3.05) is 11.1 Å². The highest BCUT2D eigenvalue weighted by molar-refractivity contribution is 8.03. The van der Waals surface area contributed by atoms with E-state index in [9.17, 15) is 9.18 Å². The van der Waals surface area contributed by atoms with Crippen molar-refractivity contribution in [3.8, 4) is 5.75 Å². The van der Waals surface area contributed by atoms with Crippen LogP contribution in [0.3, 0.4) is 0 Å². The van der Waals surface area contributed by atoms with E-state index in [1.807, 2.05) is 12.3 Å². The topological polar surface area (TPSA) is 77.2 Å². The Morgan fingerprint density at radius 2 is 2.12 bits per heavy atom. The molecule has 7 heteroatoms. The molecule has 0 bridgehead atoms. The van der Waals surface area contributed by atoms with Gasteiger partial charge in [0.2, 0.25) is 5.95 Å². The molecule has 3 N–H and O–H groups in total. The van der Waals surface area contributed by atoms with Gasteiger partial charge in [-0.05, 0) is 49.6 Å². The lowest BCUT2D eigenvalue weighted by molar-refractivity contribution is 0.102. The molecular formula is C18H18FN3O2S. The normalized spacial score (nSPS) is 19.0. The number of anilines is 2. The lowest BCUT2D eigenvalue weighted by atomic mass is 10.1. The molecular weight excluding hydrogens is 341 g/mol. The summed E-state index contributed by atoms with van der Waals surface area (Å²) in [6.07, 6.45) is 2.91. The second-order valence-corrected chi connectivity index (χ2v) is 7.31. The predicted octanol–water partition coefficient (Wildman–Crippen LogP) is 4.11. The van der Waals surface area contributed by atoms with Gasteiger partial charge in [-0.15, -0.1) is 0 Å². The lowest BCUT2D eigenvalue weighted by Crippen LogP contribution is -2.24. The molecule has 1 unspecified atom stereocenters. The second-order valence-electron chi connectivity index (χ2n) is 5.94. The van der Waals surface area contributed by atoms with Gasteiger partial charge in [-0.25, -0.2) is 4.98 Å². The Morgan fingerprint density at radius 3 is 2.76 bits per heavy atom. The minimum atomic E-state index is -0.677. The zero-order chi connectivity index (χ0) is 18.0. The number of ether oxygens (including phenoxy) is 1. The molecule has 0 fully saturated rings. The van der Waals surface area contributed by atoms with Crippen LogP contribution in [0, 0.1) is 12.9 Å². The molecule has 1 amide bonds. The molecule has 0 saturated carbocycles. The fourth-order valence-electron chi connectivity index (χ4n) is 2.41. The van der Waals surface area contributed by atoms with Crippen LogP contribution in [0.15, 0.2) is 41.8 Å². The van der Waals surface area contributed by atoms with E-state index >= 15 is 0 Å². The molecule has 0 radical (unpaired) electrons. The van der Waals surface area contributed by atoms with E-state index in [0.717, 1.165) is 12.2 Å². The highest BCUT2D eigenvalue weighted by Crippen LogP contribution is 2.38. The van der Waals surface area contributed by atoms with Gasteiger partial charge in [0.25, 0.3) is 5.91 Å². The number of nitrogens with two attached hydrogens (primary N) is 1. The van der Waals surface area contributed by atoms with Gasteiger partial charge in [0, 0.05) is 17.7 Å². The van der Waals surface area contributed by atoms with Gasteiger partial charge in [-0.1, -0.05) is 17.8 Å². The molecule has 1 aromatic carbocycles. The first-order valence-corrected chi connectivity index (χ1v) is 8.60. The van der Waals surface area contributed by atoms with Crippen molar-refractivity contribution in [3.05, 3.63) is 58.9 Å². The summed E-state index contributed by atoms with van der Waals surface area (Å²) in [5.41, 5.74) is 6.62. The van der Waals surface area contributed by atoms with Crippen LogP contribution in [-0.4, -0.2) is 15.8 Å². The van der Waals surface area contributed by atoms with Gasteiger partial charge in [-0.2, -0.15) is 4.39 Å². The number of aryl methyl sites for hydroxylation is 1. The van der Waals surface area contributed by atoms with E-state index in [4.69, 9.17) is 10.5 Å². The Kier molecular flexibility index (Phi) is 4.67. The number of halogens is 1. The Balaban J connectivity index is 1.69. The van der Waals surface area contributed by atoms with Crippen LogP contribution in [0.1, 0.15) is 29.3 Å². The summed E-state index contributed by atoms with van der Waals surface area (Å²) in [7, 11) is 0. The molecule has 5 nitrogen and oxygen atoms in total. The van der Waals surface area contributed by atoms with Gasteiger partial charge in [-0.3, -0.25) is 4.79 Å². The van der Waals surface area contributed by atoms with Crippen LogP contribution < -0.4 is 15.8 Å². The maximum atomic E-state index is 13.3. The van der Waals surface area contributed by atoms with E-state index in [2.05, 4.69) is 16.4 Å². The quantitative estimate of drug-likeness (QED) is 0.804. The molecule has 2 aromatic rings. The predicted molar refractivity (Wildman–Crippen MR) is 98.1 cm³/mol. The number of hydrogen-bond acceptors (Lipinski definition) is 5. The Bertz CT molecular complexity index is 829. The fraction of sp³-hybridized carbons (Fsp3) is 0.222. The summed E-state index contributed by atoms with van der Waals surface area (Å²) in [5, 5.41) is 4.75. The number of amides is 1. The van der Waals surface area contributed by atoms with Crippen LogP contribution in [0.2, 0.25) is 0 Å². The number of benzene rings is 1. The van der Waals surface area contributed by atoms with E-state index in [0.29, 0.717) is 5.69 Å². The smallest absolute Gasteiger partial charge is 0.259 e. The molecule has 0 aliphatic carbocycles. The monoisotopic (exact) mass is 359 g/mol. The summed E-state index contributed by atoms with van der Waals surface area (Å²) in [6.45, 7) is 3.56. The average molecular weight is 359 g/mol. The SMILES string of the molecule is Cc1cc(C(=O)Nc2ccc(OC3(C)CC=CS3)cc2)c(N)nc1F. The Morgan fingerprint density at radius 1 is 1.40 bits per heavy atom. The molecule has 1 atom stereocenters. The van der Waals surface area contributed by atoms with Crippen LogP contribution >= 0.6 is 11.8 Å². The summed E-state index contributed by atoms with van der Waals surface area (Å²) in [6, 6.07) is 8.44. The second kappa shape index (κ2) is 6.76. The summed E-state index contributed by atoms with van der Waals surface area (Å²) in [4.78, 5) is 15.6. The zero-order valence-corrected chi connectivity index (χ0v) is 14.7. The number of nitrogens with one attached hydrogen (secondary N) is 1. The third-order valence-electron chi connectivity index (χ3n) is 3.77. The van der Waals surface area contributed by atoms with Crippen molar-refractivity contribution < 1.29 is 13.9 Å². The van der Waals surface area contributed by atoms with Crippen molar-refractivity contribution in [1.82, 2.24) is 4.98 Å². The first kappa shape index (κ1) is 17.3. The number of nitrogen functional groups attached to an aromatic ring is 1. The number of pyridine rings is 1. The number of rotatable bonds is 4. The maximum absolute atomic E-state index is 13.3. The third kappa shape index (κ3) is 3.93. The molecule has 1 aromatic heterocycles. The number of aromatic nitrogens is 1. The van der Waals surface area contributed by atoms with Crippen molar-refractivity contribution >= 4 is 29.2 Å². The zero-order valence-electron chi connectivity index (χ0n) is 13.9. The first-order chi connectivity index (χ1) is 11.9. The van der Waals surface area contributed by atoms with Crippen molar-refractivity contribution in [2.24, 2.45) is 0 Å². The largest absolute Gasteiger partial charge is 0.476 e. The van der Waals surface area contributed by atoms with Gasteiger partial charge < -0.3 is 15.8 Å². The third-order valence-corrected chi connectivity index (χ3v) is 4.85. The number of nitrogens with zero attached hydrogens (tertiary/aromatic N) is 1. The summed E-state index contributed by atoms with van der Waals surface area (Å²) in [5.74, 6) is -0.539. The van der Waals surface area contributed by atoms with E-state index in [1.165, 1.54) is 13.0 Å². The molecule has 3 rings (SSSR count). The number of hydrogen-bond donors (Lipinski definition) is 2.